The molecule has 8 heteroatoms. The lowest BCUT2D eigenvalue weighted by Gasteiger charge is -2.30. The number of amides is 1. The summed E-state index contributed by atoms with van der Waals surface area (Å²) in [5.74, 6) is 2.19. The molecule has 1 amide bonds. The van der Waals surface area contributed by atoms with E-state index in [1.54, 1.807) is 0 Å². The van der Waals surface area contributed by atoms with Crippen LogP contribution < -0.4 is 9.11 Å². The highest BCUT2D eigenvalue weighted by Gasteiger charge is 2.29. The Hall–Kier alpha value is -4.19. The molecule has 0 saturated carbocycles. The van der Waals surface area contributed by atoms with Crippen LogP contribution in [0.25, 0.3) is 21.0 Å². The van der Waals surface area contributed by atoms with Crippen LogP contribution in [0.15, 0.2) is 94.8 Å². The van der Waals surface area contributed by atoms with Crippen LogP contribution in [-0.4, -0.2) is 25.4 Å². The van der Waals surface area contributed by atoms with Crippen molar-refractivity contribution in [1.82, 2.24) is 4.57 Å². The fraction of sp³-hybridized carbons (Fsp3) is 0.133. The first kappa shape index (κ1) is 24.2. The van der Waals surface area contributed by atoms with Gasteiger partial charge in [-0.1, -0.05) is 65.8 Å². The van der Waals surface area contributed by atoms with E-state index in [9.17, 15) is 13.2 Å². The molecule has 0 radical (unpaired) electrons. The molecule has 0 N–H and O–H groups in total. The topological polar surface area (TPSA) is 71.7 Å². The Kier molecular flexibility index (Phi) is 6.10. The summed E-state index contributed by atoms with van der Waals surface area (Å²) in [5.41, 5.74) is 2.95. The number of aryl methyl sites for hydroxylation is 1. The number of thiazole rings is 1. The average molecular weight is 538 g/mol. The van der Waals surface area contributed by atoms with Crippen molar-refractivity contribution < 1.29 is 13.2 Å². The van der Waals surface area contributed by atoms with Gasteiger partial charge in [0.05, 0.1) is 27.3 Å². The number of para-hydroxylation sites is 1. The van der Waals surface area contributed by atoms with Crippen LogP contribution in [0.4, 0.5) is 5.69 Å². The maximum atomic E-state index is 13.4. The van der Waals surface area contributed by atoms with Gasteiger partial charge in [0.1, 0.15) is 0 Å². The van der Waals surface area contributed by atoms with E-state index in [2.05, 4.69) is 10.9 Å². The molecule has 188 valence electrons. The summed E-state index contributed by atoms with van der Waals surface area (Å²) >= 11 is 1.41. The predicted molar refractivity (Wildman–Crippen MR) is 152 cm³/mol. The van der Waals surface area contributed by atoms with Gasteiger partial charge in [-0.2, -0.15) is 4.99 Å². The third kappa shape index (κ3) is 4.10. The Balaban J connectivity index is 1.36. The maximum Gasteiger partial charge on any atom is 0.279 e. The molecule has 0 atom stereocenters. The predicted octanol–water partition coefficient (Wildman–Crippen LogP) is 5.37. The van der Waals surface area contributed by atoms with Gasteiger partial charge < -0.3 is 4.57 Å². The molecule has 1 aliphatic rings. The summed E-state index contributed by atoms with van der Waals surface area (Å²) in [4.78, 5) is 18.2. The quantitative estimate of drug-likeness (QED) is 0.289. The van der Waals surface area contributed by atoms with Crippen molar-refractivity contribution in [3.05, 3.63) is 101 Å². The zero-order chi connectivity index (χ0) is 26.3. The number of aromatic nitrogens is 1. The monoisotopic (exact) mass is 537 g/mol. The van der Waals surface area contributed by atoms with Gasteiger partial charge in [-0.3, -0.25) is 9.10 Å². The second kappa shape index (κ2) is 9.60. The van der Waals surface area contributed by atoms with E-state index in [-0.39, 0.29) is 11.4 Å². The van der Waals surface area contributed by atoms with E-state index in [1.807, 2.05) is 65.2 Å². The van der Waals surface area contributed by atoms with Crippen molar-refractivity contribution in [3.8, 4) is 12.3 Å². The van der Waals surface area contributed by atoms with E-state index in [0.29, 0.717) is 22.6 Å². The van der Waals surface area contributed by atoms with Gasteiger partial charge >= 0.3 is 0 Å². The Morgan fingerprint density at radius 1 is 0.974 bits per heavy atom. The van der Waals surface area contributed by atoms with Crippen molar-refractivity contribution in [1.29, 1.82) is 0 Å². The minimum Gasteiger partial charge on any atom is -0.305 e. The van der Waals surface area contributed by atoms with E-state index < -0.39 is 15.9 Å². The second-order valence-electron chi connectivity index (χ2n) is 9.06. The molecular weight excluding hydrogens is 514 g/mol. The Bertz CT molecular complexity index is 1930. The van der Waals surface area contributed by atoms with Gasteiger partial charge in [-0.05, 0) is 60.2 Å². The van der Waals surface area contributed by atoms with Crippen LogP contribution in [0.5, 0.6) is 0 Å². The fourth-order valence-corrected chi connectivity index (χ4v) is 7.63. The zero-order valence-corrected chi connectivity index (χ0v) is 22.0. The van der Waals surface area contributed by atoms with Crippen molar-refractivity contribution in [2.45, 2.75) is 24.3 Å². The number of terminal acetylenes is 1. The maximum absolute atomic E-state index is 13.4. The first-order chi connectivity index (χ1) is 18.5. The number of rotatable bonds is 4. The normalized spacial score (nSPS) is 14.0. The number of carbonyl (C=O) groups is 1. The lowest BCUT2D eigenvalue weighted by molar-refractivity contribution is 0.0998. The van der Waals surface area contributed by atoms with Crippen molar-refractivity contribution in [2.24, 2.45) is 4.99 Å². The molecule has 0 spiro atoms. The van der Waals surface area contributed by atoms with Crippen LogP contribution in [0.1, 0.15) is 22.3 Å². The molecule has 0 aliphatic carbocycles. The van der Waals surface area contributed by atoms with Crippen molar-refractivity contribution >= 4 is 53.9 Å². The molecule has 1 aromatic heterocycles. The van der Waals surface area contributed by atoms with Gasteiger partial charge in [0.25, 0.3) is 15.9 Å². The molecule has 4 aromatic carbocycles. The summed E-state index contributed by atoms with van der Waals surface area (Å²) in [6, 6.07) is 25.6. The molecule has 2 heterocycles. The van der Waals surface area contributed by atoms with Gasteiger partial charge in [0.2, 0.25) is 0 Å². The second-order valence-corrected chi connectivity index (χ2v) is 11.9. The smallest absolute Gasteiger partial charge is 0.279 e. The van der Waals surface area contributed by atoms with Crippen LogP contribution in [-0.2, 0) is 23.0 Å². The van der Waals surface area contributed by atoms with Gasteiger partial charge in [-0.25, -0.2) is 8.42 Å². The van der Waals surface area contributed by atoms with Gasteiger partial charge in [0, 0.05) is 17.5 Å². The van der Waals surface area contributed by atoms with Crippen LogP contribution >= 0.6 is 11.3 Å². The SMILES string of the molecule is C#CCn1c(=NC(=O)c2ccc(S(=O)(=O)N3CCCc4ccccc43)cc2)sc2c3ccccc3ccc21. The molecule has 0 fully saturated rings. The van der Waals surface area contributed by atoms with Gasteiger partial charge in [-0.15, -0.1) is 6.42 Å². The molecule has 6 rings (SSSR count). The molecule has 0 saturated heterocycles. The molecule has 6 nitrogen and oxygen atoms in total. The summed E-state index contributed by atoms with van der Waals surface area (Å²) in [6.45, 7) is 0.699. The van der Waals surface area contributed by atoms with Crippen LogP contribution in [0.3, 0.4) is 0 Å². The van der Waals surface area contributed by atoms with E-state index in [4.69, 9.17) is 6.42 Å². The first-order valence-corrected chi connectivity index (χ1v) is 14.5. The number of fused-ring (bicyclic) bond motifs is 4. The van der Waals surface area contributed by atoms with E-state index >= 15 is 0 Å². The number of hydrogen-bond donors (Lipinski definition) is 0. The standard InChI is InChI=1S/C30H23N3O3S2/c1-2-19-32-27-18-15-21-8-3-5-11-25(21)28(27)37-30(32)31-29(34)23-13-16-24(17-14-23)38(35,36)33-20-7-10-22-9-4-6-12-26(22)33/h1,3-6,8-9,11-18H,7,10,19-20H2. The third-order valence-electron chi connectivity index (χ3n) is 6.78. The first-order valence-electron chi connectivity index (χ1n) is 12.2. The average Bonchev–Trinajstić information content (AvgIpc) is 3.30. The molecule has 0 bridgehead atoms. The number of benzene rings is 4. The number of sulfonamides is 1. The summed E-state index contributed by atoms with van der Waals surface area (Å²) in [6.07, 6.45) is 7.24. The largest absolute Gasteiger partial charge is 0.305 e. The molecule has 0 unspecified atom stereocenters. The van der Waals surface area contributed by atoms with E-state index in [0.717, 1.165) is 39.4 Å². The zero-order valence-electron chi connectivity index (χ0n) is 20.4. The summed E-state index contributed by atoms with van der Waals surface area (Å²) in [7, 11) is -3.76. The van der Waals surface area contributed by atoms with Crippen molar-refractivity contribution in [3.63, 3.8) is 0 Å². The molecule has 5 aromatic rings. The molecule has 1 aliphatic heterocycles. The minimum absolute atomic E-state index is 0.140. The minimum atomic E-state index is -3.76. The Morgan fingerprint density at radius 3 is 2.55 bits per heavy atom. The highest BCUT2D eigenvalue weighted by Crippen LogP contribution is 2.32. The number of hydrogen-bond acceptors (Lipinski definition) is 4. The number of nitrogens with zero attached hydrogens (tertiary/aromatic N) is 3. The summed E-state index contributed by atoms with van der Waals surface area (Å²) in [5, 5.41) is 2.17. The lowest BCUT2D eigenvalue weighted by Crippen LogP contribution is -2.35. The van der Waals surface area contributed by atoms with Crippen LogP contribution in [0, 0.1) is 12.3 Å². The highest BCUT2D eigenvalue weighted by atomic mass is 32.2. The summed E-state index contributed by atoms with van der Waals surface area (Å²) < 4.78 is 31.2. The lowest BCUT2D eigenvalue weighted by atomic mass is 10.0. The molecule has 38 heavy (non-hydrogen) atoms. The molecular formula is C30H23N3O3S2. The van der Waals surface area contributed by atoms with Crippen LogP contribution in [0.2, 0.25) is 0 Å². The number of carbonyl (C=O) groups excluding carboxylic acids is 1. The Labute approximate surface area is 224 Å². The highest BCUT2D eigenvalue weighted by molar-refractivity contribution is 7.92. The Morgan fingerprint density at radius 2 is 1.74 bits per heavy atom. The number of anilines is 1. The van der Waals surface area contributed by atoms with Crippen molar-refractivity contribution in [2.75, 3.05) is 10.8 Å². The third-order valence-corrected chi connectivity index (χ3v) is 9.73. The van der Waals surface area contributed by atoms with E-state index in [1.165, 1.54) is 39.9 Å². The fourth-order valence-electron chi connectivity index (χ4n) is 4.92. The van der Waals surface area contributed by atoms with Gasteiger partial charge in [0.15, 0.2) is 4.80 Å².